The van der Waals surface area contributed by atoms with Crippen molar-refractivity contribution in [2.24, 2.45) is 5.92 Å². The molecule has 1 heterocycles. The van der Waals surface area contributed by atoms with Crippen molar-refractivity contribution in [2.45, 2.75) is 51.7 Å². The minimum atomic E-state index is -0.0150. The lowest BCUT2D eigenvalue weighted by atomic mass is 10.1. The Morgan fingerprint density at radius 1 is 1.30 bits per heavy atom. The molecule has 0 radical (unpaired) electrons. The highest BCUT2D eigenvalue weighted by atomic mass is 16.2. The van der Waals surface area contributed by atoms with E-state index < -0.39 is 0 Å². The van der Waals surface area contributed by atoms with Crippen molar-refractivity contribution in [1.29, 1.82) is 0 Å². The van der Waals surface area contributed by atoms with Gasteiger partial charge < -0.3 is 4.90 Å². The first kappa shape index (κ1) is 13.6. The van der Waals surface area contributed by atoms with E-state index in [2.05, 4.69) is 48.3 Å². The summed E-state index contributed by atoms with van der Waals surface area (Å²) in [5.74, 6) is 1.14. The summed E-state index contributed by atoms with van der Waals surface area (Å²) in [7, 11) is 0. The second-order valence-electron chi connectivity index (χ2n) is 6.15. The quantitative estimate of drug-likeness (QED) is 0.893. The lowest BCUT2D eigenvalue weighted by Gasteiger charge is -2.25. The van der Waals surface area contributed by atoms with E-state index in [1.165, 1.54) is 24.0 Å². The fourth-order valence-electron chi connectivity index (χ4n) is 3.09. The number of hydrogen-bond acceptors (Lipinski definition) is 2. The van der Waals surface area contributed by atoms with Gasteiger partial charge in [0, 0.05) is 6.54 Å². The number of nitrogens with zero attached hydrogens (tertiary/aromatic N) is 1. The third-order valence-electron chi connectivity index (χ3n) is 4.62. The Kier molecular flexibility index (Phi) is 3.79. The Balaban J connectivity index is 1.81. The fourth-order valence-corrected chi connectivity index (χ4v) is 3.09. The molecule has 0 aromatic heterocycles. The van der Waals surface area contributed by atoms with E-state index in [0.29, 0.717) is 0 Å². The van der Waals surface area contributed by atoms with Crippen molar-refractivity contribution in [3.63, 3.8) is 0 Å². The number of nitrogens with one attached hydrogen (secondary N) is 1. The largest absolute Gasteiger partial charge is 0.322 e. The zero-order chi connectivity index (χ0) is 14.1. The predicted octanol–water partition coefficient (Wildman–Crippen LogP) is 3.00. The highest BCUT2D eigenvalue weighted by Gasteiger charge is 2.39. The normalized spacial score (nSPS) is 26.3. The van der Waals surface area contributed by atoms with E-state index >= 15 is 0 Å². The van der Waals surface area contributed by atoms with Gasteiger partial charge in [-0.2, -0.15) is 0 Å². The Morgan fingerprint density at radius 2 is 2.05 bits per heavy atom. The van der Waals surface area contributed by atoms with Crippen LogP contribution < -0.4 is 5.32 Å². The second kappa shape index (κ2) is 5.57. The Morgan fingerprint density at radius 3 is 2.70 bits per heavy atom. The summed E-state index contributed by atoms with van der Waals surface area (Å²) >= 11 is 0. The Bertz CT molecular complexity index is 496. The van der Waals surface area contributed by atoms with Crippen molar-refractivity contribution in [1.82, 2.24) is 10.2 Å². The maximum atomic E-state index is 12.5. The molecule has 1 aromatic rings. The first-order valence-corrected chi connectivity index (χ1v) is 7.82. The number of amides is 1. The zero-order valence-corrected chi connectivity index (χ0v) is 12.4. The van der Waals surface area contributed by atoms with Crippen LogP contribution in [-0.4, -0.2) is 23.4 Å². The van der Waals surface area contributed by atoms with Gasteiger partial charge in [0.25, 0.3) is 0 Å². The van der Waals surface area contributed by atoms with Crippen molar-refractivity contribution in [2.75, 3.05) is 6.54 Å². The highest BCUT2D eigenvalue weighted by molar-refractivity contribution is 5.84. The summed E-state index contributed by atoms with van der Waals surface area (Å²) in [4.78, 5) is 14.6. The molecule has 20 heavy (non-hydrogen) atoms. The monoisotopic (exact) mass is 272 g/mol. The van der Waals surface area contributed by atoms with Gasteiger partial charge in [-0.15, -0.1) is 0 Å². The fraction of sp³-hybridized carbons (Fsp3) is 0.588. The molecule has 108 valence electrons. The predicted molar refractivity (Wildman–Crippen MR) is 80.2 cm³/mol. The summed E-state index contributed by atoms with van der Waals surface area (Å²) in [5, 5.41) is 3.52. The third-order valence-corrected chi connectivity index (χ3v) is 4.62. The van der Waals surface area contributed by atoms with Crippen molar-refractivity contribution < 1.29 is 4.79 Å². The van der Waals surface area contributed by atoms with Gasteiger partial charge in [-0.3, -0.25) is 10.1 Å². The van der Waals surface area contributed by atoms with Crippen LogP contribution in [0.3, 0.4) is 0 Å². The molecule has 2 unspecified atom stereocenters. The minimum Gasteiger partial charge on any atom is -0.322 e. The first-order valence-electron chi connectivity index (χ1n) is 7.82. The van der Waals surface area contributed by atoms with Crippen LogP contribution in [0.2, 0.25) is 0 Å². The van der Waals surface area contributed by atoms with Crippen LogP contribution >= 0.6 is 0 Å². The average Bonchev–Trinajstić information content (AvgIpc) is 3.22. The lowest BCUT2D eigenvalue weighted by molar-refractivity contribution is -0.130. The van der Waals surface area contributed by atoms with Gasteiger partial charge in [0.1, 0.15) is 6.17 Å². The van der Waals surface area contributed by atoms with E-state index in [1.807, 2.05) is 0 Å². The summed E-state index contributed by atoms with van der Waals surface area (Å²) in [6.07, 6.45) is 4.78. The molecule has 2 fully saturated rings. The van der Waals surface area contributed by atoms with Crippen LogP contribution in [0.5, 0.6) is 0 Å². The molecule has 3 heteroatoms. The Hall–Kier alpha value is -1.35. The van der Waals surface area contributed by atoms with Gasteiger partial charge in [0.05, 0.1) is 6.04 Å². The van der Waals surface area contributed by atoms with Crippen LogP contribution in [0.15, 0.2) is 24.3 Å². The summed E-state index contributed by atoms with van der Waals surface area (Å²) in [5.41, 5.74) is 2.50. The van der Waals surface area contributed by atoms with E-state index in [0.717, 1.165) is 25.3 Å². The molecular formula is C17H24N2O. The molecule has 2 aliphatic rings. The van der Waals surface area contributed by atoms with Crippen LogP contribution in [0.1, 0.15) is 49.9 Å². The van der Waals surface area contributed by atoms with E-state index in [4.69, 9.17) is 0 Å². The Labute approximate surface area is 121 Å². The molecule has 2 atom stereocenters. The average molecular weight is 272 g/mol. The van der Waals surface area contributed by atoms with Gasteiger partial charge >= 0.3 is 0 Å². The third kappa shape index (κ3) is 2.59. The van der Waals surface area contributed by atoms with Crippen LogP contribution in [-0.2, 0) is 4.79 Å². The molecule has 1 saturated heterocycles. The number of hydrogen-bond donors (Lipinski definition) is 1. The van der Waals surface area contributed by atoms with Gasteiger partial charge in [-0.25, -0.2) is 0 Å². The molecule has 1 N–H and O–H groups in total. The maximum Gasteiger partial charge on any atom is 0.241 e. The van der Waals surface area contributed by atoms with Gasteiger partial charge in [-0.05, 0) is 36.8 Å². The van der Waals surface area contributed by atoms with Crippen LogP contribution in [0.4, 0.5) is 0 Å². The molecule has 0 bridgehead atoms. The second-order valence-corrected chi connectivity index (χ2v) is 6.15. The minimum absolute atomic E-state index is 0.0150. The zero-order valence-electron chi connectivity index (χ0n) is 12.4. The number of carbonyl (C=O) groups is 1. The SMILES string of the molecule is CCC1NC(c2ccccc2C)N(CCC2CC2)C1=O. The smallest absolute Gasteiger partial charge is 0.241 e. The molecule has 1 saturated carbocycles. The first-order chi connectivity index (χ1) is 9.70. The highest BCUT2D eigenvalue weighted by Crippen LogP contribution is 2.35. The number of benzene rings is 1. The summed E-state index contributed by atoms with van der Waals surface area (Å²) in [6, 6.07) is 8.37. The molecule has 3 nitrogen and oxygen atoms in total. The number of carbonyl (C=O) groups excluding carboxylic acids is 1. The van der Waals surface area contributed by atoms with Crippen LogP contribution in [0, 0.1) is 12.8 Å². The van der Waals surface area contributed by atoms with Crippen LogP contribution in [0.25, 0.3) is 0 Å². The van der Waals surface area contributed by atoms with E-state index in [9.17, 15) is 4.79 Å². The van der Waals surface area contributed by atoms with Crippen molar-refractivity contribution in [3.8, 4) is 0 Å². The molecule has 1 amide bonds. The molecule has 1 aliphatic carbocycles. The van der Waals surface area contributed by atoms with Gasteiger partial charge in [0.15, 0.2) is 0 Å². The van der Waals surface area contributed by atoms with Gasteiger partial charge in [0.2, 0.25) is 5.91 Å². The molecular weight excluding hydrogens is 248 g/mol. The molecule has 1 aliphatic heterocycles. The van der Waals surface area contributed by atoms with Crippen molar-refractivity contribution >= 4 is 5.91 Å². The van der Waals surface area contributed by atoms with Gasteiger partial charge in [-0.1, -0.05) is 44.0 Å². The molecule has 3 rings (SSSR count). The molecule has 1 aromatic carbocycles. The molecule has 0 spiro atoms. The summed E-state index contributed by atoms with van der Waals surface area (Å²) < 4.78 is 0. The number of rotatable bonds is 5. The summed E-state index contributed by atoms with van der Waals surface area (Å²) in [6.45, 7) is 5.10. The lowest BCUT2D eigenvalue weighted by Crippen LogP contribution is -2.32. The van der Waals surface area contributed by atoms with E-state index in [-0.39, 0.29) is 18.1 Å². The number of aryl methyl sites for hydroxylation is 1. The maximum absolute atomic E-state index is 12.5. The standard InChI is InChI=1S/C17H24N2O/c1-3-15-17(20)19(11-10-13-8-9-13)16(18-15)14-7-5-4-6-12(14)2/h4-7,13,15-16,18H,3,8-11H2,1-2H3. The van der Waals surface area contributed by atoms with E-state index in [1.54, 1.807) is 0 Å². The van der Waals surface area contributed by atoms with Crippen molar-refractivity contribution in [3.05, 3.63) is 35.4 Å². The topological polar surface area (TPSA) is 32.3 Å².